The Morgan fingerprint density at radius 3 is 1.44 bits per heavy atom. The third-order valence-corrected chi connectivity index (χ3v) is 6.39. The quantitative estimate of drug-likeness (QED) is 0.253. The molecule has 4 rings (SSSR count). The molecule has 0 aliphatic carbocycles. The molecule has 0 heterocycles. The molecule has 4 aromatic carbocycles. The van der Waals surface area contributed by atoms with E-state index in [2.05, 4.69) is 143 Å². The number of likely N-dealkylation sites (N-methyl/N-ethyl adjacent to an activating group) is 1. The van der Waals surface area contributed by atoms with Crippen LogP contribution in [0.2, 0.25) is 0 Å². The maximum absolute atomic E-state index is 2.30. The molecule has 0 saturated carbocycles. The van der Waals surface area contributed by atoms with Crippen LogP contribution in [-0.4, -0.2) is 32.3 Å². The summed E-state index contributed by atoms with van der Waals surface area (Å²) in [5, 5.41) is 0. The van der Waals surface area contributed by atoms with E-state index in [1.165, 1.54) is 49.8 Å². The standard InChI is InChI=1S/C32H34BN/c1-24-11-17-28(18-12-24)32(31(23-34(4)5)27-9-7-6-8-10-27)33(29-19-13-25(2)14-20-29)30-21-15-26(3)16-22-30/h6-22H,23H2,1-5H3/b32-31+. The predicted octanol–water partition coefficient (Wildman–Crippen LogP) is 5.93. The minimum atomic E-state index is 0.124. The maximum atomic E-state index is 2.30. The van der Waals surface area contributed by atoms with E-state index in [0.717, 1.165) is 6.54 Å². The Balaban J connectivity index is 2.07. The molecule has 0 N–H and O–H groups in total. The van der Waals surface area contributed by atoms with Gasteiger partial charge in [-0.1, -0.05) is 136 Å². The molecule has 0 bridgehead atoms. The lowest BCUT2D eigenvalue weighted by Crippen LogP contribution is -2.44. The summed E-state index contributed by atoms with van der Waals surface area (Å²) in [5.74, 6) is 0. The molecule has 0 aliphatic heterocycles. The van der Waals surface area contributed by atoms with E-state index in [0.29, 0.717) is 0 Å². The largest absolute Gasteiger partial charge is 0.305 e. The van der Waals surface area contributed by atoms with Crippen LogP contribution < -0.4 is 10.9 Å². The first-order valence-electron chi connectivity index (χ1n) is 12.1. The van der Waals surface area contributed by atoms with Crippen LogP contribution in [0.4, 0.5) is 0 Å². The molecule has 170 valence electrons. The average Bonchev–Trinajstić information content (AvgIpc) is 2.84. The van der Waals surface area contributed by atoms with Crippen molar-refractivity contribution in [3.05, 3.63) is 131 Å². The SMILES string of the molecule is Cc1ccc(B(/C(=C(\CN(C)C)c2ccccc2)c2ccc(C)cc2)c2ccc(C)cc2)cc1. The Kier molecular flexibility index (Phi) is 7.50. The van der Waals surface area contributed by atoms with E-state index in [1.54, 1.807) is 0 Å². The third-order valence-electron chi connectivity index (χ3n) is 6.39. The molecule has 2 heteroatoms. The minimum absolute atomic E-state index is 0.124. The highest BCUT2D eigenvalue weighted by molar-refractivity contribution is 7.00. The Hall–Kier alpha value is -3.36. The first-order chi connectivity index (χ1) is 16.4. The number of benzene rings is 4. The zero-order valence-electron chi connectivity index (χ0n) is 21.0. The normalized spacial score (nSPS) is 11.9. The van der Waals surface area contributed by atoms with Gasteiger partial charge in [0.05, 0.1) is 0 Å². The van der Waals surface area contributed by atoms with Crippen LogP contribution in [0.5, 0.6) is 0 Å². The van der Waals surface area contributed by atoms with Gasteiger partial charge in [0.1, 0.15) is 0 Å². The second-order valence-corrected chi connectivity index (χ2v) is 9.62. The van der Waals surface area contributed by atoms with Crippen molar-refractivity contribution in [2.75, 3.05) is 20.6 Å². The molecule has 4 aromatic rings. The van der Waals surface area contributed by atoms with Gasteiger partial charge in [-0.2, -0.15) is 0 Å². The number of hydrogen-bond acceptors (Lipinski definition) is 1. The van der Waals surface area contributed by atoms with Gasteiger partial charge < -0.3 is 4.90 Å². The highest BCUT2D eigenvalue weighted by atomic mass is 15.0. The Labute approximate surface area is 205 Å². The predicted molar refractivity (Wildman–Crippen MR) is 150 cm³/mol. The number of nitrogens with zero attached hydrogens (tertiary/aromatic N) is 1. The third kappa shape index (κ3) is 5.58. The highest BCUT2D eigenvalue weighted by Gasteiger charge is 2.28. The smallest absolute Gasteiger partial charge is 0.242 e. The number of hydrogen-bond donors (Lipinski definition) is 0. The molecular weight excluding hydrogens is 409 g/mol. The maximum Gasteiger partial charge on any atom is 0.242 e. The molecule has 34 heavy (non-hydrogen) atoms. The van der Waals surface area contributed by atoms with E-state index in [9.17, 15) is 0 Å². The fourth-order valence-electron chi connectivity index (χ4n) is 4.58. The van der Waals surface area contributed by atoms with Crippen molar-refractivity contribution in [1.82, 2.24) is 4.90 Å². The first-order valence-corrected chi connectivity index (χ1v) is 12.1. The lowest BCUT2D eigenvalue weighted by Gasteiger charge is -2.26. The highest BCUT2D eigenvalue weighted by Crippen LogP contribution is 2.30. The summed E-state index contributed by atoms with van der Waals surface area (Å²) in [6.45, 7) is 7.45. The van der Waals surface area contributed by atoms with Gasteiger partial charge in [-0.15, -0.1) is 0 Å². The van der Waals surface area contributed by atoms with E-state index < -0.39 is 0 Å². The summed E-state index contributed by atoms with van der Waals surface area (Å²) in [6, 6.07) is 38.0. The zero-order chi connectivity index (χ0) is 24.1. The fraction of sp³-hybridized carbons (Fsp3) is 0.188. The van der Waals surface area contributed by atoms with Gasteiger partial charge in [-0.05, 0) is 51.6 Å². The van der Waals surface area contributed by atoms with Crippen LogP contribution in [0.1, 0.15) is 27.8 Å². The van der Waals surface area contributed by atoms with E-state index in [4.69, 9.17) is 0 Å². The lowest BCUT2D eigenvalue weighted by atomic mass is 9.34. The van der Waals surface area contributed by atoms with Crippen LogP contribution >= 0.6 is 0 Å². The van der Waals surface area contributed by atoms with Gasteiger partial charge in [-0.25, -0.2) is 0 Å². The molecule has 0 unspecified atom stereocenters. The molecule has 0 fully saturated rings. The summed E-state index contributed by atoms with van der Waals surface area (Å²) < 4.78 is 0. The van der Waals surface area contributed by atoms with Crippen LogP contribution in [0.3, 0.4) is 0 Å². The molecule has 1 nitrogen and oxygen atoms in total. The summed E-state index contributed by atoms with van der Waals surface area (Å²) in [7, 11) is 4.31. The van der Waals surface area contributed by atoms with Gasteiger partial charge in [0.15, 0.2) is 0 Å². The summed E-state index contributed by atoms with van der Waals surface area (Å²) in [6.07, 6.45) is 0. The summed E-state index contributed by atoms with van der Waals surface area (Å²) in [4.78, 5) is 2.28. The second-order valence-electron chi connectivity index (χ2n) is 9.62. The van der Waals surface area contributed by atoms with Crippen molar-refractivity contribution in [3.63, 3.8) is 0 Å². The first kappa shape index (κ1) is 23.8. The van der Waals surface area contributed by atoms with Crippen molar-refractivity contribution in [2.45, 2.75) is 20.8 Å². The van der Waals surface area contributed by atoms with Crippen LogP contribution in [0, 0.1) is 20.8 Å². The molecular formula is C32H34BN. The molecule has 0 radical (unpaired) electrons. The van der Waals surface area contributed by atoms with Crippen molar-refractivity contribution >= 4 is 28.7 Å². The van der Waals surface area contributed by atoms with Crippen molar-refractivity contribution in [1.29, 1.82) is 0 Å². The second kappa shape index (κ2) is 10.7. The van der Waals surface area contributed by atoms with Crippen molar-refractivity contribution in [3.8, 4) is 0 Å². The minimum Gasteiger partial charge on any atom is -0.305 e. The molecule has 0 spiro atoms. The van der Waals surface area contributed by atoms with Crippen molar-refractivity contribution in [2.24, 2.45) is 0 Å². The average molecular weight is 443 g/mol. The molecule has 0 amide bonds. The number of rotatable bonds is 7. The fourth-order valence-corrected chi connectivity index (χ4v) is 4.58. The van der Waals surface area contributed by atoms with Crippen LogP contribution in [0.25, 0.3) is 11.0 Å². The Bertz CT molecular complexity index is 1190. The van der Waals surface area contributed by atoms with Gasteiger partial charge in [0.2, 0.25) is 6.71 Å². The van der Waals surface area contributed by atoms with Gasteiger partial charge in [0.25, 0.3) is 0 Å². The number of aryl methyl sites for hydroxylation is 3. The van der Waals surface area contributed by atoms with E-state index in [-0.39, 0.29) is 6.71 Å². The molecule has 0 saturated heterocycles. The summed E-state index contributed by atoms with van der Waals surface area (Å²) >= 11 is 0. The summed E-state index contributed by atoms with van der Waals surface area (Å²) in [5.41, 5.74) is 11.8. The molecule has 0 aliphatic rings. The van der Waals surface area contributed by atoms with Gasteiger partial charge in [-0.3, -0.25) is 0 Å². The van der Waals surface area contributed by atoms with Crippen LogP contribution in [0.15, 0.2) is 103 Å². The van der Waals surface area contributed by atoms with Gasteiger partial charge in [0, 0.05) is 6.54 Å². The lowest BCUT2D eigenvalue weighted by molar-refractivity contribution is 0.463. The van der Waals surface area contributed by atoms with Gasteiger partial charge >= 0.3 is 0 Å². The molecule has 0 atom stereocenters. The topological polar surface area (TPSA) is 3.24 Å². The van der Waals surface area contributed by atoms with E-state index in [1.807, 2.05) is 0 Å². The Morgan fingerprint density at radius 1 is 0.559 bits per heavy atom. The van der Waals surface area contributed by atoms with Crippen molar-refractivity contribution < 1.29 is 0 Å². The molecule has 0 aromatic heterocycles. The Morgan fingerprint density at radius 2 is 1.00 bits per heavy atom. The monoisotopic (exact) mass is 443 g/mol. The van der Waals surface area contributed by atoms with E-state index >= 15 is 0 Å². The zero-order valence-corrected chi connectivity index (χ0v) is 21.0. The van der Waals surface area contributed by atoms with Crippen LogP contribution in [-0.2, 0) is 0 Å².